The number of hydrogen-bond donors (Lipinski definition) is 2. The SMILES string of the molecule is COc1cc(C(C)=NNC(=O)Cn2cnc3c2c(=O)n(C)c(=O)n3C)ccc1O. The number of phenolic OH excluding ortho intramolecular Hbond substituents is 1. The fourth-order valence-electron chi connectivity index (χ4n) is 2.82. The Labute approximate surface area is 164 Å². The highest BCUT2D eigenvalue weighted by Gasteiger charge is 2.16. The molecule has 1 aromatic carbocycles. The van der Waals surface area contributed by atoms with Gasteiger partial charge in [-0.15, -0.1) is 0 Å². The minimum absolute atomic E-state index is 0.00366. The van der Waals surface area contributed by atoms with E-state index in [4.69, 9.17) is 4.74 Å². The number of carbonyl (C=O) groups excluding carboxylic acids is 1. The zero-order valence-corrected chi connectivity index (χ0v) is 16.3. The summed E-state index contributed by atoms with van der Waals surface area (Å²) in [6, 6.07) is 4.69. The van der Waals surface area contributed by atoms with Crippen LogP contribution in [0.4, 0.5) is 0 Å². The first-order valence-corrected chi connectivity index (χ1v) is 8.56. The molecule has 0 spiro atoms. The van der Waals surface area contributed by atoms with E-state index in [0.717, 1.165) is 4.57 Å². The number of carbonyl (C=O) groups is 1. The van der Waals surface area contributed by atoms with Gasteiger partial charge in [0.25, 0.3) is 11.5 Å². The zero-order chi connectivity index (χ0) is 21.3. The summed E-state index contributed by atoms with van der Waals surface area (Å²) < 4.78 is 8.61. The molecule has 1 amide bonds. The molecule has 0 bridgehead atoms. The quantitative estimate of drug-likeness (QED) is 0.446. The van der Waals surface area contributed by atoms with Crippen LogP contribution in [0.5, 0.6) is 11.5 Å². The highest BCUT2D eigenvalue weighted by atomic mass is 16.5. The third-order valence-electron chi connectivity index (χ3n) is 4.48. The van der Waals surface area contributed by atoms with Crippen LogP contribution < -0.4 is 21.4 Å². The smallest absolute Gasteiger partial charge is 0.332 e. The van der Waals surface area contributed by atoms with Crippen molar-refractivity contribution in [1.29, 1.82) is 0 Å². The lowest BCUT2D eigenvalue weighted by Gasteiger charge is -2.08. The Morgan fingerprint density at radius 1 is 1.28 bits per heavy atom. The van der Waals surface area contributed by atoms with E-state index in [1.54, 1.807) is 19.1 Å². The van der Waals surface area contributed by atoms with Gasteiger partial charge in [0, 0.05) is 19.7 Å². The number of hydrazone groups is 1. The van der Waals surface area contributed by atoms with Gasteiger partial charge < -0.3 is 14.4 Å². The Morgan fingerprint density at radius 3 is 2.69 bits per heavy atom. The summed E-state index contributed by atoms with van der Waals surface area (Å²) in [6.07, 6.45) is 1.33. The summed E-state index contributed by atoms with van der Waals surface area (Å²) in [5, 5.41) is 13.7. The average molecular weight is 400 g/mol. The molecule has 0 unspecified atom stereocenters. The third kappa shape index (κ3) is 3.61. The third-order valence-corrected chi connectivity index (χ3v) is 4.48. The number of hydrogen-bond acceptors (Lipinski definition) is 7. The summed E-state index contributed by atoms with van der Waals surface area (Å²) >= 11 is 0. The van der Waals surface area contributed by atoms with Crippen LogP contribution in [0.15, 0.2) is 39.2 Å². The summed E-state index contributed by atoms with van der Waals surface area (Å²) in [5.41, 5.74) is 2.86. The molecule has 0 aliphatic heterocycles. The number of rotatable bonds is 5. The van der Waals surface area contributed by atoms with E-state index in [1.807, 2.05) is 0 Å². The highest BCUT2D eigenvalue weighted by molar-refractivity contribution is 5.99. The number of nitrogens with one attached hydrogen (secondary N) is 1. The maximum atomic E-state index is 12.4. The van der Waals surface area contributed by atoms with E-state index in [9.17, 15) is 19.5 Å². The Balaban J connectivity index is 1.82. The van der Waals surface area contributed by atoms with Crippen LogP contribution in [0, 0.1) is 0 Å². The molecule has 11 nitrogen and oxygen atoms in total. The number of aromatic hydroxyl groups is 1. The van der Waals surface area contributed by atoms with E-state index in [2.05, 4.69) is 15.5 Å². The van der Waals surface area contributed by atoms with Gasteiger partial charge in [0.2, 0.25) is 0 Å². The Hall–Kier alpha value is -3.89. The predicted molar refractivity (Wildman–Crippen MR) is 105 cm³/mol. The maximum absolute atomic E-state index is 12.4. The van der Waals surface area contributed by atoms with Crippen LogP contribution in [-0.2, 0) is 25.4 Å². The molecule has 2 aromatic heterocycles. The first-order chi connectivity index (χ1) is 13.7. The number of aromatic nitrogens is 4. The molecule has 2 heterocycles. The predicted octanol–water partition coefficient (Wildman–Crippen LogP) is -0.312. The van der Waals surface area contributed by atoms with Crippen molar-refractivity contribution in [3.05, 3.63) is 50.9 Å². The lowest BCUT2D eigenvalue weighted by atomic mass is 10.1. The second kappa shape index (κ2) is 7.62. The second-order valence-corrected chi connectivity index (χ2v) is 6.37. The van der Waals surface area contributed by atoms with Crippen molar-refractivity contribution < 1.29 is 14.6 Å². The summed E-state index contributed by atoms with van der Waals surface area (Å²) in [6.45, 7) is 1.48. The van der Waals surface area contributed by atoms with Gasteiger partial charge in [-0.25, -0.2) is 15.2 Å². The van der Waals surface area contributed by atoms with Crippen molar-refractivity contribution in [2.75, 3.05) is 7.11 Å². The van der Waals surface area contributed by atoms with Crippen molar-refractivity contribution >= 4 is 22.8 Å². The Bertz CT molecular complexity index is 1250. The van der Waals surface area contributed by atoms with Crippen molar-refractivity contribution in [1.82, 2.24) is 24.1 Å². The van der Waals surface area contributed by atoms with Crippen molar-refractivity contribution in [2.24, 2.45) is 19.2 Å². The first kappa shape index (κ1) is 19.9. The van der Waals surface area contributed by atoms with E-state index in [1.165, 1.54) is 42.7 Å². The number of methoxy groups -OCH3 is 1. The fourth-order valence-corrected chi connectivity index (χ4v) is 2.82. The number of imidazole rings is 1. The van der Waals surface area contributed by atoms with Gasteiger partial charge >= 0.3 is 5.69 Å². The van der Waals surface area contributed by atoms with E-state index >= 15 is 0 Å². The lowest BCUT2D eigenvalue weighted by molar-refractivity contribution is -0.121. The number of benzene rings is 1. The van der Waals surface area contributed by atoms with Crippen molar-refractivity contribution in [3.63, 3.8) is 0 Å². The molecule has 0 fully saturated rings. The molecular weight excluding hydrogens is 380 g/mol. The fraction of sp³-hybridized carbons (Fsp3) is 0.278. The van der Waals surface area contributed by atoms with E-state index < -0.39 is 17.2 Å². The Morgan fingerprint density at radius 2 is 2.00 bits per heavy atom. The number of phenols is 1. The topological polar surface area (TPSA) is 133 Å². The van der Waals surface area contributed by atoms with Crippen LogP contribution in [0.1, 0.15) is 12.5 Å². The van der Waals surface area contributed by atoms with Crippen LogP contribution in [0.25, 0.3) is 11.2 Å². The maximum Gasteiger partial charge on any atom is 0.332 e. The molecule has 29 heavy (non-hydrogen) atoms. The zero-order valence-electron chi connectivity index (χ0n) is 16.3. The average Bonchev–Trinajstić information content (AvgIpc) is 3.12. The molecule has 0 saturated heterocycles. The molecule has 0 radical (unpaired) electrons. The van der Waals surface area contributed by atoms with Crippen molar-refractivity contribution in [2.45, 2.75) is 13.5 Å². The lowest BCUT2D eigenvalue weighted by Crippen LogP contribution is -2.38. The van der Waals surface area contributed by atoms with Gasteiger partial charge in [-0.2, -0.15) is 5.10 Å². The second-order valence-electron chi connectivity index (χ2n) is 6.37. The summed E-state index contributed by atoms with van der Waals surface area (Å²) in [4.78, 5) is 40.7. The van der Waals surface area contributed by atoms with Crippen LogP contribution >= 0.6 is 0 Å². The Kier molecular flexibility index (Phi) is 5.22. The summed E-state index contributed by atoms with van der Waals surface area (Å²) in [5.74, 6) is -0.198. The van der Waals surface area contributed by atoms with Crippen LogP contribution in [0.2, 0.25) is 0 Å². The molecular formula is C18H20N6O5. The number of fused-ring (bicyclic) bond motifs is 1. The molecule has 0 aliphatic rings. The first-order valence-electron chi connectivity index (χ1n) is 8.56. The van der Waals surface area contributed by atoms with E-state index in [0.29, 0.717) is 11.3 Å². The van der Waals surface area contributed by atoms with Gasteiger partial charge in [-0.1, -0.05) is 0 Å². The van der Waals surface area contributed by atoms with Gasteiger partial charge in [0.15, 0.2) is 22.7 Å². The molecule has 2 N–H and O–H groups in total. The largest absolute Gasteiger partial charge is 0.504 e. The minimum atomic E-state index is -0.538. The van der Waals surface area contributed by atoms with E-state index in [-0.39, 0.29) is 29.2 Å². The number of aryl methyl sites for hydroxylation is 1. The van der Waals surface area contributed by atoms with Gasteiger partial charge in [0.1, 0.15) is 6.54 Å². The highest BCUT2D eigenvalue weighted by Crippen LogP contribution is 2.26. The molecule has 3 aromatic rings. The van der Waals surface area contributed by atoms with Gasteiger partial charge in [-0.05, 0) is 25.1 Å². The molecule has 0 aliphatic carbocycles. The van der Waals surface area contributed by atoms with Gasteiger partial charge in [-0.3, -0.25) is 18.7 Å². The van der Waals surface area contributed by atoms with Gasteiger partial charge in [0.05, 0.1) is 19.1 Å². The number of amides is 1. The van der Waals surface area contributed by atoms with Crippen molar-refractivity contribution in [3.8, 4) is 11.5 Å². The molecule has 0 atom stereocenters. The minimum Gasteiger partial charge on any atom is -0.504 e. The normalized spacial score (nSPS) is 11.7. The van der Waals surface area contributed by atoms with Crippen LogP contribution in [-0.4, -0.2) is 42.5 Å². The summed E-state index contributed by atoms with van der Waals surface area (Å²) in [7, 11) is 4.30. The number of ether oxygens (including phenoxy) is 1. The molecule has 152 valence electrons. The number of nitrogens with zero attached hydrogens (tertiary/aromatic N) is 5. The molecule has 0 saturated carbocycles. The standard InChI is InChI=1S/C18H20N6O5/c1-10(11-5-6-12(25)13(7-11)29-4)20-21-14(26)8-24-9-19-16-15(24)17(27)23(3)18(28)22(16)2/h5-7,9,25H,8H2,1-4H3,(H,21,26). The monoisotopic (exact) mass is 400 g/mol. The molecule has 11 heteroatoms. The van der Waals surface area contributed by atoms with Crippen LogP contribution in [0.3, 0.4) is 0 Å². The molecule has 3 rings (SSSR count).